The van der Waals surface area contributed by atoms with E-state index in [1.807, 2.05) is 30.9 Å². The molecular formula is C10H8N4S. The van der Waals surface area contributed by atoms with Crippen molar-refractivity contribution in [2.24, 2.45) is 0 Å². The quantitative estimate of drug-likeness (QED) is 0.626. The van der Waals surface area contributed by atoms with Crippen LogP contribution in [0.3, 0.4) is 0 Å². The molecule has 74 valence electrons. The topological polar surface area (TPSA) is 43.1 Å². The summed E-state index contributed by atoms with van der Waals surface area (Å²) in [5, 5.41) is 4.25. The summed E-state index contributed by atoms with van der Waals surface area (Å²) in [6.45, 7) is 2.00. The van der Waals surface area contributed by atoms with E-state index in [2.05, 4.69) is 15.1 Å². The Morgan fingerprint density at radius 3 is 3.07 bits per heavy atom. The molecule has 0 N–H and O–H groups in total. The highest BCUT2D eigenvalue weighted by Gasteiger charge is 2.11. The molecule has 0 aliphatic heterocycles. The van der Waals surface area contributed by atoms with Gasteiger partial charge in [-0.05, 0) is 13.0 Å². The molecule has 0 amide bonds. The van der Waals surface area contributed by atoms with Crippen molar-refractivity contribution in [1.29, 1.82) is 0 Å². The van der Waals surface area contributed by atoms with E-state index >= 15 is 0 Å². The first-order valence-corrected chi connectivity index (χ1v) is 5.43. The van der Waals surface area contributed by atoms with E-state index in [1.165, 1.54) is 0 Å². The molecule has 0 unspecified atom stereocenters. The number of fused-ring (bicyclic) bond motifs is 1. The maximum absolute atomic E-state index is 4.32. The second kappa shape index (κ2) is 3.13. The van der Waals surface area contributed by atoms with E-state index < -0.39 is 0 Å². The molecule has 3 heterocycles. The molecular weight excluding hydrogens is 208 g/mol. The van der Waals surface area contributed by atoms with Crippen molar-refractivity contribution in [2.75, 3.05) is 0 Å². The summed E-state index contributed by atoms with van der Waals surface area (Å²) in [6.07, 6.45) is 5.50. The van der Waals surface area contributed by atoms with Crippen LogP contribution < -0.4 is 0 Å². The zero-order valence-electron chi connectivity index (χ0n) is 8.08. The fourth-order valence-corrected chi connectivity index (χ4v) is 2.36. The van der Waals surface area contributed by atoms with Crippen LogP contribution in [0.2, 0.25) is 0 Å². The molecule has 0 aromatic carbocycles. The maximum Gasteiger partial charge on any atom is 0.163 e. The van der Waals surface area contributed by atoms with E-state index in [0.29, 0.717) is 0 Å². The van der Waals surface area contributed by atoms with Crippen molar-refractivity contribution in [3.8, 4) is 10.4 Å². The maximum atomic E-state index is 4.32. The first kappa shape index (κ1) is 8.55. The van der Waals surface area contributed by atoms with Crippen LogP contribution in [0.15, 0.2) is 30.2 Å². The molecule has 4 nitrogen and oxygen atoms in total. The van der Waals surface area contributed by atoms with Gasteiger partial charge in [0, 0.05) is 12.4 Å². The molecule has 0 aliphatic rings. The van der Waals surface area contributed by atoms with Gasteiger partial charge in [-0.15, -0.1) is 11.3 Å². The van der Waals surface area contributed by atoms with Crippen molar-refractivity contribution in [2.45, 2.75) is 6.92 Å². The highest BCUT2D eigenvalue weighted by Crippen LogP contribution is 2.29. The smallest absolute Gasteiger partial charge is 0.163 e. The van der Waals surface area contributed by atoms with Crippen LogP contribution in [0.5, 0.6) is 0 Å². The molecule has 15 heavy (non-hydrogen) atoms. The third-order valence-corrected chi connectivity index (χ3v) is 3.23. The number of thiazole rings is 1. The number of nitrogens with zero attached hydrogens (tertiary/aromatic N) is 4. The van der Waals surface area contributed by atoms with E-state index in [0.717, 1.165) is 21.8 Å². The third kappa shape index (κ3) is 1.24. The molecule has 3 aromatic heterocycles. The molecule has 3 aromatic rings. The Labute approximate surface area is 90.2 Å². The van der Waals surface area contributed by atoms with Crippen LogP contribution >= 0.6 is 11.3 Å². The van der Waals surface area contributed by atoms with Gasteiger partial charge in [0.15, 0.2) is 5.65 Å². The second-order valence-corrected chi connectivity index (χ2v) is 4.07. The Balaban J connectivity index is 2.32. The van der Waals surface area contributed by atoms with Gasteiger partial charge in [-0.2, -0.15) is 5.10 Å². The van der Waals surface area contributed by atoms with Gasteiger partial charge in [0.25, 0.3) is 0 Å². The number of hydrogen-bond donors (Lipinski definition) is 0. The van der Waals surface area contributed by atoms with Gasteiger partial charge < -0.3 is 0 Å². The van der Waals surface area contributed by atoms with Crippen LogP contribution in [-0.4, -0.2) is 19.6 Å². The van der Waals surface area contributed by atoms with Crippen LogP contribution in [0.25, 0.3) is 16.1 Å². The van der Waals surface area contributed by atoms with Gasteiger partial charge in [0.2, 0.25) is 0 Å². The van der Waals surface area contributed by atoms with Gasteiger partial charge in [-0.1, -0.05) is 0 Å². The summed E-state index contributed by atoms with van der Waals surface area (Å²) in [7, 11) is 0. The Morgan fingerprint density at radius 1 is 1.33 bits per heavy atom. The normalized spacial score (nSPS) is 11.0. The molecule has 0 radical (unpaired) electrons. The molecule has 0 bridgehead atoms. The zero-order chi connectivity index (χ0) is 10.3. The minimum atomic E-state index is 0.879. The Hall–Kier alpha value is -1.75. The minimum Gasteiger partial charge on any atom is -0.249 e. The summed E-state index contributed by atoms with van der Waals surface area (Å²) in [5.41, 5.74) is 4.80. The third-order valence-electron chi connectivity index (χ3n) is 2.27. The Kier molecular flexibility index (Phi) is 1.78. The van der Waals surface area contributed by atoms with Crippen LogP contribution in [-0.2, 0) is 0 Å². The summed E-state index contributed by atoms with van der Waals surface area (Å²) in [6, 6.07) is 1.86. The first-order chi connectivity index (χ1) is 7.36. The van der Waals surface area contributed by atoms with Crippen molar-refractivity contribution in [3.05, 3.63) is 35.9 Å². The molecule has 0 atom stereocenters. The first-order valence-electron chi connectivity index (χ1n) is 4.55. The number of rotatable bonds is 1. The van der Waals surface area contributed by atoms with Gasteiger partial charge in [0.05, 0.1) is 27.8 Å². The zero-order valence-corrected chi connectivity index (χ0v) is 8.90. The van der Waals surface area contributed by atoms with Gasteiger partial charge in [-0.25, -0.2) is 14.5 Å². The van der Waals surface area contributed by atoms with E-state index in [4.69, 9.17) is 0 Å². The number of aryl methyl sites for hydroxylation is 1. The van der Waals surface area contributed by atoms with Crippen molar-refractivity contribution in [1.82, 2.24) is 19.6 Å². The van der Waals surface area contributed by atoms with Gasteiger partial charge >= 0.3 is 0 Å². The summed E-state index contributed by atoms with van der Waals surface area (Å²) >= 11 is 1.62. The average Bonchev–Trinajstić information content (AvgIpc) is 2.83. The summed E-state index contributed by atoms with van der Waals surface area (Å²) in [5.74, 6) is 0. The lowest BCUT2D eigenvalue weighted by Crippen LogP contribution is -1.87. The highest BCUT2D eigenvalue weighted by atomic mass is 32.1. The van der Waals surface area contributed by atoms with Crippen molar-refractivity contribution >= 4 is 17.0 Å². The van der Waals surface area contributed by atoms with Crippen LogP contribution in [0.1, 0.15) is 5.69 Å². The highest BCUT2D eigenvalue weighted by molar-refractivity contribution is 7.13. The molecule has 0 saturated heterocycles. The summed E-state index contributed by atoms with van der Waals surface area (Å²) in [4.78, 5) is 9.69. The fourth-order valence-electron chi connectivity index (χ4n) is 1.55. The van der Waals surface area contributed by atoms with Gasteiger partial charge in [0.1, 0.15) is 0 Å². The second-order valence-electron chi connectivity index (χ2n) is 3.21. The Morgan fingerprint density at radius 2 is 2.27 bits per heavy atom. The lowest BCUT2D eigenvalue weighted by molar-refractivity contribution is 0.939. The lowest BCUT2D eigenvalue weighted by Gasteiger charge is -1.94. The molecule has 0 aliphatic carbocycles. The largest absolute Gasteiger partial charge is 0.249 e. The standard InChI is InChI=1S/C10H8N4S/c1-7-9(15-6-12-7)8-5-13-14-4-2-3-11-10(8)14/h2-6H,1H3. The average molecular weight is 216 g/mol. The molecule has 3 rings (SSSR count). The van der Waals surface area contributed by atoms with E-state index in [1.54, 1.807) is 22.0 Å². The van der Waals surface area contributed by atoms with Gasteiger partial charge in [-0.3, -0.25) is 0 Å². The SMILES string of the molecule is Cc1ncsc1-c1cnn2cccnc12. The fraction of sp³-hybridized carbons (Fsp3) is 0.100. The molecule has 5 heteroatoms. The van der Waals surface area contributed by atoms with Crippen molar-refractivity contribution in [3.63, 3.8) is 0 Å². The number of aromatic nitrogens is 4. The van der Waals surface area contributed by atoms with Crippen LogP contribution in [0.4, 0.5) is 0 Å². The van der Waals surface area contributed by atoms with E-state index in [9.17, 15) is 0 Å². The monoisotopic (exact) mass is 216 g/mol. The van der Waals surface area contributed by atoms with Crippen LogP contribution in [0, 0.1) is 6.92 Å². The number of hydrogen-bond acceptors (Lipinski definition) is 4. The molecule has 0 spiro atoms. The molecule has 0 fully saturated rings. The predicted molar refractivity (Wildman–Crippen MR) is 58.8 cm³/mol. The van der Waals surface area contributed by atoms with E-state index in [-0.39, 0.29) is 0 Å². The van der Waals surface area contributed by atoms with Crippen molar-refractivity contribution < 1.29 is 0 Å². The lowest BCUT2D eigenvalue weighted by atomic mass is 10.2. The summed E-state index contributed by atoms with van der Waals surface area (Å²) < 4.78 is 1.77. The predicted octanol–water partition coefficient (Wildman–Crippen LogP) is 2.16. The molecule has 0 saturated carbocycles. The minimum absolute atomic E-state index is 0.879. The Bertz CT molecular complexity index is 610.